The van der Waals surface area contributed by atoms with Gasteiger partial charge in [-0.2, -0.15) is 0 Å². The first kappa shape index (κ1) is 22.9. The van der Waals surface area contributed by atoms with Crippen LogP contribution in [0, 0.1) is 0 Å². The molecule has 0 aliphatic rings. The van der Waals surface area contributed by atoms with Crippen molar-refractivity contribution in [2.75, 3.05) is 47.1 Å². The van der Waals surface area contributed by atoms with E-state index in [2.05, 4.69) is 15.6 Å². The number of methoxy groups -OCH3 is 2. The maximum Gasteiger partial charge on any atom is 0.191 e. The van der Waals surface area contributed by atoms with Gasteiger partial charge in [-0.15, -0.1) is 24.0 Å². The Bertz CT molecular complexity index is 458. The maximum absolute atomic E-state index is 5.43. The van der Waals surface area contributed by atoms with Crippen molar-refractivity contribution in [2.24, 2.45) is 4.99 Å². The average Bonchev–Trinajstić information content (AvgIpc) is 2.59. The molecule has 0 amide bonds. The van der Waals surface area contributed by atoms with Crippen LogP contribution >= 0.6 is 24.0 Å². The Morgan fingerprint density at radius 3 is 2.58 bits per heavy atom. The topological polar surface area (TPSA) is 64.1 Å². The zero-order valence-corrected chi connectivity index (χ0v) is 17.2. The third-order valence-corrected chi connectivity index (χ3v) is 3.13. The summed E-state index contributed by atoms with van der Waals surface area (Å²) >= 11 is 0. The molecule has 6 nitrogen and oxygen atoms in total. The minimum absolute atomic E-state index is 0. The van der Waals surface area contributed by atoms with Crippen molar-refractivity contribution in [3.8, 4) is 5.75 Å². The molecule has 0 aliphatic carbocycles. The fraction of sp³-hybridized carbons (Fsp3) is 0.588. The monoisotopic (exact) mass is 451 g/mol. The molecule has 0 unspecified atom stereocenters. The van der Waals surface area contributed by atoms with Gasteiger partial charge in [-0.3, -0.25) is 0 Å². The van der Waals surface area contributed by atoms with Gasteiger partial charge in [-0.05, 0) is 19.4 Å². The van der Waals surface area contributed by atoms with E-state index >= 15 is 0 Å². The lowest BCUT2D eigenvalue weighted by molar-refractivity contribution is 0.0698. The van der Waals surface area contributed by atoms with E-state index in [1.54, 1.807) is 14.2 Å². The molecule has 0 heterocycles. The zero-order chi connectivity index (χ0) is 16.8. The largest absolute Gasteiger partial charge is 0.496 e. The minimum atomic E-state index is 0. The average molecular weight is 451 g/mol. The van der Waals surface area contributed by atoms with E-state index in [0.29, 0.717) is 26.4 Å². The highest BCUT2D eigenvalue weighted by Gasteiger charge is 2.02. The summed E-state index contributed by atoms with van der Waals surface area (Å²) in [6.45, 7) is 6.24. The van der Waals surface area contributed by atoms with Crippen LogP contribution in [0.15, 0.2) is 29.3 Å². The van der Waals surface area contributed by atoms with Gasteiger partial charge in [0.1, 0.15) is 5.75 Å². The quantitative estimate of drug-likeness (QED) is 0.234. The van der Waals surface area contributed by atoms with Crippen LogP contribution in [0.2, 0.25) is 0 Å². The van der Waals surface area contributed by atoms with Crippen LogP contribution in [-0.4, -0.2) is 53.1 Å². The highest BCUT2D eigenvalue weighted by atomic mass is 127. The summed E-state index contributed by atoms with van der Waals surface area (Å²) in [7, 11) is 3.35. The van der Waals surface area contributed by atoms with Gasteiger partial charge in [0.05, 0.1) is 26.9 Å². The Labute approximate surface area is 162 Å². The number of ether oxygens (including phenoxy) is 3. The number of nitrogens with one attached hydrogen (secondary N) is 2. The molecule has 0 radical (unpaired) electrons. The van der Waals surface area contributed by atoms with Crippen molar-refractivity contribution in [3.63, 3.8) is 0 Å². The van der Waals surface area contributed by atoms with Crippen molar-refractivity contribution in [1.82, 2.24) is 10.6 Å². The van der Waals surface area contributed by atoms with Crippen molar-refractivity contribution in [1.29, 1.82) is 0 Å². The number of benzene rings is 1. The minimum Gasteiger partial charge on any atom is -0.496 e. The lowest BCUT2D eigenvalue weighted by atomic mass is 10.2. The second-order valence-electron chi connectivity index (χ2n) is 4.89. The highest BCUT2D eigenvalue weighted by molar-refractivity contribution is 14.0. The number of hydrogen-bond donors (Lipinski definition) is 2. The van der Waals surface area contributed by atoms with Gasteiger partial charge in [-0.25, -0.2) is 4.99 Å². The van der Waals surface area contributed by atoms with Crippen LogP contribution in [-0.2, 0) is 16.0 Å². The van der Waals surface area contributed by atoms with E-state index in [4.69, 9.17) is 14.2 Å². The molecular weight excluding hydrogens is 421 g/mol. The van der Waals surface area contributed by atoms with E-state index in [1.807, 2.05) is 31.2 Å². The Hall–Kier alpha value is -1.06. The lowest BCUT2D eigenvalue weighted by Crippen LogP contribution is -2.38. The van der Waals surface area contributed by atoms with Crippen LogP contribution in [0.1, 0.15) is 18.9 Å². The molecule has 0 fully saturated rings. The van der Waals surface area contributed by atoms with Crippen LogP contribution in [0.3, 0.4) is 0 Å². The fourth-order valence-corrected chi connectivity index (χ4v) is 1.96. The highest BCUT2D eigenvalue weighted by Crippen LogP contribution is 2.17. The number of para-hydroxylation sites is 1. The lowest BCUT2D eigenvalue weighted by Gasteiger charge is -2.12. The molecule has 0 aliphatic heterocycles. The number of halogens is 1. The third kappa shape index (κ3) is 9.94. The molecule has 24 heavy (non-hydrogen) atoms. The van der Waals surface area contributed by atoms with Crippen molar-refractivity contribution in [3.05, 3.63) is 29.8 Å². The Kier molecular flexibility index (Phi) is 14.8. The molecule has 0 saturated heterocycles. The number of nitrogens with zero attached hydrogens (tertiary/aromatic N) is 1. The first-order valence-corrected chi connectivity index (χ1v) is 8.02. The summed E-state index contributed by atoms with van der Waals surface area (Å²) in [6.07, 6.45) is 0.919. The second-order valence-corrected chi connectivity index (χ2v) is 4.89. The standard InChI is InChI=1S/C17H29N3O3.HI/c1-4-18-17(19-10-7-11-23-13-12-21-2)20-14-15-8-5-6-9-16(15)22-3;/h5-6,8-9H,4,7,10-14H2,1-3H3,(H2,18,19,20);1H. The van der Waals surface area contributed by atoms with Crippen LogP contribution < -0.4 is 15.4 Å². The van der Waals surface area contributed by atoms with Crippen molar-refractivity contribution < 1.29 is 14.2 Å². The molecule has 1 aromatic rings. The van der Waals surface area contributed by atoms with Crippen LogP contribution in [0.4, 0.5) is 0 Å². The fourth-order valence-electron chi connectivity index (χ4n) is 1.96. The van der Waals surface area contributed by atoms with Gasteiger partial charge >= 0.3 is 0 Å². The number of guanidine groups is 1. The molecule has 0 atom stereocenters. The first-order valence-electron chi connectivity index (χ1n) is 8.02. The Balaban J connectivity index is 0.00000529. The third-order valence-electron chi connectivity index (χ3n) is 3.13. The van der Waals surface area contributed by atoms with Gasteiger partial charge in [-0.1, -0.05) is 18.2 Å². The summed E-state index contributed by atoms with van der Waals surface area (Å²) in [4.78, 5) is 4.59. The summed E-state index contributed by atoms with van der Waals surface area (Å²) in [5.41, 5.74) is 1.06. The molecule has 138 valence electrons. The number of rotatable bonds is 11. The molecular formula is C17H30IN3O3. The van der Waals surface area contributed by atoms with E-state index < -0.39 is 0 Å². The Morgan fingerprint density at radius 2 is 1.88 bits per heavy atom. The first-order chi connectivity index (χ1) is 11.3. The summed E-state index contributed by atoms with van der Waals surface area (Å²) in [5, 5.41) is 6.54. The van der Waals surface area contributed by atoms with E-state index in [-0.39, 0.29) is 24.0 Å². The number of aliphatic imine (C=N–C) groups is 1. The molecule has 0 bridgehead atoms. The molecule has 1 aromatic carbocycles. The number of hydrogen-bond acceptors (Lipinski definition) is 4. The zero-order valence-electron chi connectivity index (χ0n) is 14.8. The molecule has 7 heteroatoms. The smallest absolute Gasteiger partial charge is 0.191 e. The van der Waals surface area contributed by atoms with Gasteiger partial charge in [0.25, 0.3) is 0 Å². The van der Waals surface area contributed by atoms with Crippen LogP contribution in [0.5, 0.6) is 5.75 Å². The summed E-state index contributed by atoms with van der Waals surface area (Å²) in [6, 6.07) is 7.92. The van der Waals surface area contributed by atoms with Crippen molar-refractivity contribution in [2.45, 2.75) is 19.9 Å². The second kappa shape index (κ2) is 15.5. The SMILES string of the molecule is CCNC(=NCc1ccccc1OC)NCCCOCCOC.I. The summed E-state index contributed by atoms with van der Waals surface area (Å²) in [5.74, 6) is 1.66. The van der Waals surface area contributed by atoms with Gasteiger partial charge < -0.3 is 24.8 Å². The molecule has 2 N–H and O–H groups in total. The molecule has 0 spiro atoms. The van der Waals surface area contributed by atoms with Crippen molar-refractivity contribution >= 4 is 29.9 Å². The van der Waals surface area contributed by atoms with E-state index in [0.717, 1.165) is 36.8 Å². The normalized spacial score (nSPS) is 10.9. The van der Waals surface area contributed by atoms with Gasteiger partial charge in [0.15, 0.2) is 5.96 Å². The molecule has 1 rings (SSSR count). The molecule has 0 saturated carbocycles. The molecule has 0 aromatic heterocycles. The van der Waals surface area contributed by atoms with E-state index in [1.165, 1.54) is 0 Å². The van der Waals surface area contributed by atoms with Gasteiger partial charge in [0.2, 0.25) is 0 Å². The van der Waals surface area contributed by atoms with Crippen LogP contribution in [0.25, 0.3) is 0 Å². The predicted molar refractivity (Wildman–Crippen MR) is 109 cm³/mol. The van der Waals surface area contributed by atoms with Gasteiger partial charge in [0, 0.05) is 32.4 Å². The maximum atomic E-state index is 5.43. The predicted octanol–water partition coefficient (Wildman–Crippen LogP) is 2.42. The van der Waals surface area contributed by atoms with E-state index in [9.17, 15) is 0 Å². The summed E-state index contributed by atoms with van der Waals surface area (Å²) < 4.78 is 15.7. The Morgan fingerprint density at radius 1 is 1.08 bits per heavy atom.